The molecule has 0 saturated heterocycles. The quantitative estimate of drug-likeness (QED) is 0.792. The second-order valence-electron chi connectivity index (χ2n) is 6.36. The van der Waals surface area contributed by atoms with Crippen LogP contribution >= 0.6 is 0 Å². The maximum atomic E-state index is 12.2. The van der Waals surface area contributed by atoms with Crippen LogP contribution in [0.1, 0.15) is 40.4 Å². The molecule has 2 aromatic rings. The SMILES string of the molecule is COc1ccc(C(=O)OCC(=O)N[C@H]2CCCc3ccccc32)cc1OC. The third kappa shape index (κ3) is 4.39. The van der Waals surface area contributed by atoms with Crippen molar-refractivity contribution >= 4 is 11.9 Å². The Morgan fingerprint density at radius 1 is 1.07 bits per heavy atom. The molecule has 0 radical (unpaired) electrons. The van der Waals surface area contributed by atoms with Gasteiger partial charge in [-0.05, 0) is 48.6 Å². The van der Waals surface area contributed by atoms with Gasteiger partial charge < -0.3 is 19.5 Å². The highest BCUT2D eigenvalue weighted by Gasteiger charge is 2.22. The van der Waals surface area contributed by atoms with Crippen molar-refractivity contribution in [3.05, 3.63) is 59.2 Å². The molecule has 2 aromatic carbocycles. The Balaban J connectivity index is 1.57. The number of benzene rings is 2. The molecule has 0 bridgehead atoms. The van der Waals surface area contributed by atoms with Gasteiger partial charge in [0.25, 0.3) is 5.91 Å². The van der Waals surface area contributed by atoms with Gasteiger partial charge in [0.05, 0.1) is 25.8 Å². The normalized spacial score (nSPS) is 15.4. The van der Waals surface area contributed by atoms with Gasteiger partial charge in [0, 0.05) is 0 Å². The Bertz CT molecular complexity index is 833. The maximum Gasteiger partial charge on any atom is 0.338 e. The zero-order valence-corrected chi connectivity index (χ0v) is 15.5. The predicted octanol–water partition coefficient (Wildman–Crippen LogP) is 3.05. The number of hydrogen-bond donors (Lipinski definition) is 1. The lowest BCUT2D eigenvalue weighted by atomic mass is 9.88. The van der Waals surface area contributed by atoms with E-state index in [1.54, 1.807) is 12.1 Å². The van der Waals surface area contributed by atoms with Crippen molar-refractivity contribution < 1.29 is 23.8 Å². The molecule has 1 aliphatic carbocycles. The number of amides is 1. The van der Waals surface area contributed by atoms with Crippen LogP contribution in [0.3, 0.4) is 0 Å². The molecule has 6 nitrogen and oxygen atoms in total. The minimum absolute atomic E-state index is 0.0396. The summed E-state index contributed by atoms with van der Waals surface area (Å²) in [6.07, 6.45) is 2.93. The molecule has 1 N–H and O–H groups in total. The van der Waals surface area contributed by atoms with Gasteiger partial charge in [-0.3, -0.25) is 4.79 Å². The summed E-state index contributed by atoms with van der Waals surface area (Å²) in [6.45, 7) is -0.328. The zero-order valence-electron chi connectivity index (χ0n) is 15.5. The number of carbonyl (C=O) groups excluding carboxylic acids is 2. The second kappa shape index (κ2) is 8.58. The molecule has 0 heterocycles. The number of esters is 1. The third-order valence-corrected chi connectivity index (χ3v) is 4.66. The standard InChI is InChI=1S/C21H23NO5/c1-25-18-11-10-15(12-19(18)26-2)21(24)27-13-20(23)22-17-9-5-7-14-6-3-4-8-16(14)17/h3-4,6,8,10-12,17H,5,7,9,13H2,1-2H3,(H,22,23)/t17-/m0/s1. The van der Waals surface area contributed by atoms with Crippen molar-refractivity contribution in [3.8, 4) is 11.5 Å². The lowest BCUT2D eigenvalue weighted by Gasteiger charge is -2.26. The summed E-state index contributed by atoms with van der Waals surface area (Å²) < 4.78 is 15.5. The molecular formula is C21H23NO5. The van der Waals surface area contributed by atoms with Gasteiger partial charge in [-0.15, -0.1) is 0 Å². The Morgan fingerprint density at radius 3 is 2.63 bits per heavy atom. The first-order chi connectivity index (χ1) is 13.1. The van der Waals surface area contributed by atoms with Crippen LogP contribution < -0.4 is 14.8 Å². The molecule has 0 aromatic heterocycles. The first-order valence-electron chi connectivity index (χ1n) is 8.88. The van der Waals surface area contributed by atoms with E-state index in [-0.39, 0.29) is 18.6 Å². The van der Waals surface area contributed by atoms with Crippen LogP contribution in [0.5, 0.6) is 11.5 Å². The van der Waals surface area contributed by atoms with Crippen LogP contribution in [0, 0.1) is 0 Å². The van der Waals surface area contributed by atoms with Crippen molar-refractivity contribution in [1.82, 2.24) is 5.32 Å². The van der Waals surface area contributed by atoms with Crippen LogP contribution in [0.2, 0.25) is 0 Å². The Hall–Kier alpha value is -3.02. The third-order valence-electron chi connectivity index (χ3n) is 4.66. The topological polar surface area (TPSA) is 73.9 Å². The Kier molecular flexibility index (Phi) is 5.96. The number of nitrogens with one attached hydrogen (secondary N) is 1. The lowest BCUT2D eigenvalue weighted by molar-refractivity contribution is -0.125. The molecule has 0 aliphatic heterocycles. The van der Waals surface area contributed by atoms with E-state index >= 15 is 0 Å². The molecule has 1 atom stereocenters. The van der Waals surface area contributed by atoms with Crippen LogP contribution in [0.25, 0.3) is 0 Å². The van der Waals surface area contributed by atoms with Gasteiger partial charge >= 0.3 is 5.97 Å². The van der Waals surface area contributed by atoms with Crippen molar-refractivity contribution in [3.63, 3.8) is 0 Å². The summed E-state index contributed by atoms with van der Waals surface area (Å²) in [6, 6.07) is 12.8. The largest absolute Gasteiger partial charge is 0.493 e. The molecule has 3 rings (SSSR count). The van der Waals surface area contributed by atoms with E-state index in [0.29, 0.717) is 17.1 Å². The lowest BCUT2D eigenvalue weighted by Crippen LogP contribution is -2.34. The highest BCUT2D eigenvalue weighted by molar-refractivity contribution is 5.92. The number of fused-ring (bicyclic) bond motifs is 1. The first-order valence-corrected chi connectivity index (χ1v) is 8.88. The fourth-order valence-corrected chi connectivity index (χ4v) is 3.32. The molecule has 142 valence electrons. The van der Waals surface area contributed by atoms with Gasteiger partial charge in [-0.1, -0.05) is 24.3 Å². The summed E-state index contributed by atoms with van der Waals surface area (Å²) in [5.74, 6) is 0.0404. The average molecular weight is 369 g/mol. The smallest absolute Gasteiger partial charge is 0.338 e. The highest BCUT2D eigenvalue weighted by atomic mass is 16.5. The maximum absolute atomic E-state index is 12.2. The minimum atomic E-state index is -0.588. The first kappa shape index (κ1) is 18.8. The monoisotopic (exact) mass is 369 g/mol. The van der Waals surface area contributed by atoms with Gasteiger partial charge in [-0.25, -0.2) is 4.79 Å². The average Bonchev–Trinajstić information content (AvgIpc) is 2.71. The fourth-order valence-electron chi connectivity index (χ4n) is 3.32. The summed E-state index contributed by atoms with van der Waals surface area (Å²) in [4.78, 5) is 24.5. The van der Waals surface area contributed by atoms with Crippen LogP contribution in [-0.2, 0) is 16.0 Å². The molecule has 0 saturated carbocycles. The Morgan fingerprint density at radius 2 is 1.85 bits per heavy atom. The molecule has 1 aliphatic rings. The molecule has 1 amide bonds. The van der Waals surface area contributed by atoms with Crippen molar-refractivity contribution in [2.75, 3.05) is 20.8 Å². The number of rotatable bonds is 6. The predicted molar refractivity (Wildman–Crippen MR) is 100 cm³/mol. The molecule has 0 spiro atoms. The number of aryl methyl sites for hydroxylation is 1. The number of ether oxygens (including phenoxy) is 3. The second-order valence-corrected chi connectivity index (χ2v) is 6.36. The van der Waals surface area contributed by atoms with E-state index in [9.17, 15) is 9.59 Å². The van der Waals surface area contributed by atoms with Crippen LogP contribution in [0.4, 0.5) is 0 Å². The number of carbonyl (C=O) groups is 2. The molecular weight excluding hydrogens is 346 g/mol. The van der Waals surface area contributed by atoms with Crippen molar-refractivity contribution in [1.29, 1.82) is 0 Å². The number of hydrogen-bond acceptors (Lipinski definition) is 5. The fraction of sp³-hybridized carbons (Fsp3) is 0.333. The highest BCUT2D eigenvalue weighted by Crippen LogP contribution is 2.29. The summed E-state index contributed by atoms with van der Waals surface area (Å²) in [5, 5.41) is 2.96. The van der Waals surface area contributed by atoms with Gasteiger partial charge in [0.2, 0.25) is 0 Å². The van der Waals surface area contributed by atoms with Crippen LogP contribution in [0.15, 0.2) is 42.5 Å². The molecule has 6 heteroatoms. The summed E-state index contributed by atoms with van der Waals surface area (Å²) in [7, 11) is 3.01. The van der Waals surface area contributed by atoms with E-state index in [2.05, 4.69) is 11.4 Å². The van der Waals surface area contributed by atoms with Gasteiger partial charge in [0.15, 0.2) is 18.1 Å². The molecule has 27 heavy (non-hydrogen) atoms. The van der Waals surface area contributed by atoms with Gasteiger partial charge in [-0.2, -0.15) is 0 Å². The zero-order chi connectivity index (χ0) is 19.2. The van der Waals surface area contributed by atoms with Crippen LogP contribution in [-0.4, -0.2) is 32.7 Å². The summed E-state index contributed by atoms with van der Waals surface area (Å²) in [5.41, 5.74) is 2.70. The number of methoxy groups -OCH3 is 2. The Labute approximate surface area is 158 Å². The van der Waals surface area contributed by atoms with Crippen molar-refractivity contribution in [2.45, 2.75) is 25.3 Å². The molecule has 0 fully saturated rings. The van der Waals surface area contributed by atoms with Gasteiger partial charge in [0.1, 0.15) is 0 Å². The van der Waals surface area contributed by atoms with E-state index < -0.39 is 5.97 Å². The van der Waals surface area contributed by atoms with E-state index in [1.165, 1.54) is 25.8 Å². The van der Waals surface area contributed by atoms with E-state index in [1.807, 2.05) is 18.2 Å². The van der Waals surface area contributed by atoms with E-state index in [0.717, 1.165) is 24.8 Å². The van der Waals surface area contributed by atoms with Crippen molar-refractivity contribution in [2.24, 2.45) is 0 Å². The minimum Gasteiger partial charge on any atom is -0.493 e. The summed E-state index contributed by atoms with van der Waals surface area (Å²) >= 11 is 0. The van der Waals surface area contributed by atoms with E-state index in [4.69, 9.17) is 14.2 Å². The molecule has 0 unspecified atom stereocenters.